The maximum absolute atomic E-state index is 12.5. The van der Waals surface area contributed by atoms with Gasteiger partial charge < -0.3 is 10.2 Å². The Balaban J connectivity index is 1.68. The average Bonchev–Trinajstić information content (AvgIpc) is 3.08. The Hall–Kier alpha value is -1.91. The summed E-state index contributed by atoms with van der Waals surface area (Å²) in [6.07, 6.45) is 6.39. The van der Waals surface area contributed by atoms with Gasteiger partial charge in [-0.05, 0) is 61.6 Å². The fourth-order valence-electron chi connectivity index (χ4n) is 2.89. The molecule has 0 bridgehead atoms. The maximum atomic E-state index is 12.5. The second kappa shape index (κ2) is 7.11. The molecule has 0 saturated carbocycles. The minimum Gasteiger partial charge on any atom is -0.350 e. The molecule has 23 heavy (non-hydrogen) atoms. The lowest BCUT2D eigenvalue weighted by Gasteiger charge is -2.23. The van der Waals surface area contributed by atoms with Gasteiger partial charge in [0.05, 0.1) is 6.04 Å². The number of carbonyl (C=O) groups is 1. The number of nitrogens with one attached hydrogen (secondary N) is 1. The van der Waals surface area contributed by atoms with Crippen LogP contribution < -0.4 is 5.32 Å². The van der Waals surface area contributed by atoms with E-state index in [9.17, 15) is 4.79 Å². The second-order valence-electron chi connectivity index (χ2n) is 6.06. The molecule has 3 nitrogen and oxygen atoms in total. The van der Waals surface area contributed by atoms with Crippen LogP contribution in [0.25, 0.3) is 6.08 Å². The van der Waals surface area contributed by atoms with Gasteiger partial charge in [-0.2, -0.15) is 0 Å². The lowest BCUT2D eigenvalue weighted by molar-refractivity contribution is 0.0942. The normalized spacial score (nSPS) is 14.6. The minimum atomic E-state index is 0.00533. The Kier molecular flexibility index (Phi) is 4.94. The maximum Gasteiger partial charge on any atom is 0.251 e. The number of rotatable bonds is 5. The molecule has 2 aromatic rings. The van der Waals surface area contributed by atoms with Crippen LogP contribution in [0.15, 0.2) is 41.8 Å². The molecular weight excluding hydrogens is 304 g/mol. The van der Waals surface area contributed by atoms with E-state index in [2.05, 4.69) is 39.9 Å². The van der Waals surface area contributed by atoms with Crippen molar-refractivity contribution in [1.82, 2.24) is 10.2 Å². The number of allylic oxidation sites excluding steroid dienone is 1. The first-order valence-corrected chi connectivity index (χ1v) is 8.80. The summed E-state index contributed by atoms with van der Waals surface area (Å²) < 4.78 is 0. The van der Waals surface area contributed by atoms with Gasteiger partial charge >= 0.3 is 0 Å². The zero-order chi connectivity index (χ0) is 16.2. The van der Waals surface area contributed by atoms with E-state index in [4.69, 9.17) is 0 Å². The fourth-order valence-corrected chi connectivity index (χ4v) is 3.81. The molecule has 1 aliphatic carbocycles. The van der Waals surface area contributed by atoms with E-state index in [0.29, 0.717) is 6.54 Å². The molecule has 120 valence electrons. The zero-order valence-electron chi connectivity index (χ0n) is 13.6. The Bertz CT molecular complexity index is 704. The Morgan fingerprint density at radius 1 is 1.35 bits per heavy atom. The van der Waals surface area contributed by atoms with E-state index in [0.717, 1.165) is 18.4 Å². The van der Waals surface area contributed by atoms with Crippen LogP contribution in [0, 0.1) is 0 Å². The van der Waals surface area contributed by atoms with E-state index in [1.54, 1.807) is 11.3 Å². The second-order valence-corrected chi connectivity index (χ2v) is 7.04. The van der Waals surface area contributed by atoms with Crippen molar-refractivity contribution < 1.29 is 4.79 Å². The standard InChI is InChI=1S/C19H22N2OS/c1-21(2)17(18-8-5-11-23-18)13-20-19(22)16-10-9-14-6-3-4-7-15(14)12-16/h3,5-6,8-12,17H,4,7,13H2,1-2H3,(H,20,22)/t17-/m1/s1. The summed E-state index contributed by atoms with van der Waals surface area (Å²) in [7, 11) is 4.09. The molecule has 0 saturated heterocycles. The number of carbonyl (C=O) groups excluding carboxylic acids is 1. The molecule has 0 unspecified atom stereocenters. The highest BCUT2D eigenvalue weighted by molar-refractivity contribution is 7.10. The van der Waals surface area contributed by atoms with Gasteiger partial charge in [0.25, 0.3) is 5.91 Å². The molecule has 0 radical (unpaired) electrons. The number of thiophene rings is 1. The Morgan fingerprint density at radius 3 is 2.96 bits per heavy atom. The summed E-state index contributed by atoms with van der Waals surface area (Å²) in [5, 5.41) is 5.16. The minimum absolute atomic E-state index is 0.00533. The summed E-state index contributed by atoms with van der Waals surface area (Å²) in [5.41, 5.74) is 3.25. The van der Waals surface area contributed by atoms with Crippen molar-refractivity contribution in [2.45, 2.75) is 18.9 Å². The van der Waals surface area contributed by atoms with E-state index >= 15 is 0 Å². The number of aryl methyl sites for hydroxylation is 1. The topological polar surface area (TPSA) is 32.3 Å². The first-order chi connectivity index (χ1) is 11.1. The number of nitrogens with zero attached hydrogens (tertiary/aromatic N) is 1. The molecule has 4 heteroatoms. The lowest BCUT2D eigenvalue weighted by atomic mass is 9.95. The zero-order valence-corrected chi connectivity index (χ0v) is 14.4. The lowest BCUT2D eigenvalue weighted by Crippen LogP contribution is -2.34. The summed E-state index contributed by atoms with van der Waals surface area (Å²) in [6.45, 7) is 0.614. The van der Waals surface area contributed by atoms with Crippen molar-refractivity contribution >= 4 is 23.3 Å². The summed E-state index contributed by atoms with van der Waals surface area (Å²) in [6, 6.07) is 10.4. The first-order valence-electron chi connectivity index (χ1n) is 7.92. The van der Waals surface area contributed by atoms with Gasteiger partial charge in [-0.25, -0.2) is 0 Å². The van der Waals surface area contributed by atoms with E-state index < -0.39 is 0 Å². The number of fused-ring (bicyclic) bond motifs is 1. The molecule has 3 rings (SSSR count). The van der Waals surface area contributed by atoms with Gasteiger partial charge in [0.15, 0.2) is 0 Å². The molecule has 1 aromatic heterocycles. The predicted molar refractivity (Wildman–Crippen MR) is 96.9 cm³/mol. The summed E-state index contributed by atoms with van der Waals surface area (Å²) in [4.78, 5) is 15.9. The van der Waals surface area contributed by atoms with Crippen LogP contribution in [0.4, 0.5) is 0 Å². The molecule has 0 spiro atoms. The molecule has 1 aromatic carbocycles. The largest absolute Gasteiger partial charge is 0.350 e. The number of amides is 1. The van der Waals surface area contributed by atoms with Crippen LogP contribution in [0.2, 0.25) is 0 Å². The van der Waals surface area contributed by atoms with Crippen LogP contribution >= 0.6 is 11.3 Å². The summed E-state index contributed by atoms with van der Waals surface area (Å²) >= 11 is 1.72. The van der Waals surface area contributed by atoms with Crippen LogP contribution in [0.3, 0.4) is 0 Å². The van der Waals surface area contributed by atoms with Crippen LogP contribution in [0.1, 0.15) is 38.8 Å². The molecular formula is C19H22N2OS. The molecule has 1 aliphatic rings. The van der Waals surface area contributed by atoms with Crippen LogP contribution in [0.5, 0.6) is 0 Å². The van der Waals surface area contributed by atoms with Gasteiger partial charge in [0, 0.05) is 17.0 Å². The SMILES string of the molecule is CN(C)[C@H](CNC(=O)c1ccc2c(c1)CCC=C2)c1cccs1. The highest BCUT2D eigenvalue weighted by atomic mass is 32.1. The van der Waals surface area contributed by atoms with Crippen LogP contribution in [-0.4, -0.2) is 31.4 Å². The third kappa shape index (κ3) is 3.71. The molecule has 1 N–H and O–H groups in total. The molecule has 1 atom stereocenters. The third-order valence-electron chi connectivity index (χ3n) is 4.23. The van der Waals surface area contributed by atoms with Crippen molar-refractivity contribution in [1.29, 1.82) is 0 Å². The van der Waals surface area contributed by atoms with E-state index in [-0.39, 0.29) is 11.9 Å². The van der Waals surface area contributed by atoms with Gasteiger partial charge in [-0.1, -0.05) is 24.3 Å². The predicted octanol–water partition coefficient (Wildman–Crippen LogP) is 3.74. The van der Waals surface area contributed by atoms with Crippen molar-refractivity contribution in [2.24, 2.45) is 0 Å². The van der Waals surface area contributed by atoms with Gasteiger partial charge in [-0.15, -0.1) is 11.3 Å². The van der Waals surface area contributed by atoms with Gasteiger partial charge in [0.1, 0.15) is 0 Å². The number of benzene rings is 1. The highest BCUT2D eigenvalue weighted by Crippen LogP contribution is 2.23. The number of hydrogen-bond donors (Lipinski definition) is 1. The van der Waals surface area contributed by atoms with E-state index in [1.165, 1.54) is 16.0 Å². The van der Waals surface area contributed by atoms with E-state index in [1.807, 2.05) is 32.3 Å². The monoisotopic (exact) mass is 326 g/mol. The molecule has 0 aliphatic heterocycles. The third-order valence-corrected chi connectivity index (χ3v) is 5.21. The van der Waals surface area contributed by atoms with Crippen LogP contribution in [-0.2, 0) is 6.42 Å². The van der Waals surface area contributed by atoms with Crippen molar-refractivity contribution in [3.05, 3.63) is 63.4 Å². The van der Waals surface area contributed by atoms with Crippen molar-refractivity contribution in [3.63, 3.8) is 0 Å². The first kappa shape index (κ1) is 16.0. The Morgan fingerprint density at radius 2 is 2.22 bits per heavy atom. The number of hydrogen-bond acceptors (Lipinski definition) is 3. The molecule has 1 heterocycles. The average molecular weight is 326 g/mol. The molecule has 0 fully saturated rings. The van der Waals surface area contributed by atoms with Crippen molar-refractivity contribution in [3.8, 4) is 0 Å². The van der Waals surface area contributed by atoms with Gasteiger partial charge in [0.2, 0.25) is 0 Å². The fraction of sp³-hybridized carbons (Fsp3) is 0.316. The Labute approximate surface area is 141 Å². The quantitative estimate of drug-likeness (QED) is 0.908. The molecule has 1 amide bonds. The van der Waals surface area contributed by atoms with Gasteiger partial charge in [-0.3, -0.25) is 4.79 Å². The highest BCUT2D eigenvalue weighted by Gasteiger charge is 2.17. The number of likely N-dealkylation sites (N-methyl/N-ethyl adjacent to an activating group) is 1. The smallest absolute Gasteiger partial charge is 0.251 e. The summed E-state index contributed by atoms with van der Waals surface area (Å²) in [5.74, 6) is 0.00533. The van der Waals surface area contributed by atoms with Crippen molar-refractivity contribution in [2.75, 3.05) is 20.6 Å².